The van der Waals surface area contributed by atoms with Crippen LogP contribution in [0.5, 0.6) is 0 Å². The molecule has 1 heterocycles. The molecule has 0 radical (unpaired) electrons. The summed E-state index contributed by atoms with van der Waals surface area (Å²) in [7, 11) is 0. The summed E-state index contributed by atoms with van der Waals surface area (Å²) in [5.74, 6) is -1.43. The number of carbonyl (C=O) groups excluding carboxylic acids is 3. The Morgan fingerprint density at radius 2 is 1.50 bits per heavy atom. The van der Waals surface area contributed by atoms with Crippen molar-refractivity contribution in [3.8, 4) is 11.1 Å². The van der Waals surface area contributed by atoms with Gasteiger partial charge in [-0.25, -0.2) is 4.39 Å². The van der Waals surface area contributed by atoms with E-state index in [1.165, 1.54) is 18.2 Å². The standard InChI is InChI=1S/C24H16FNO3S/c25-20-9-5-4-8-19(20)14-22-23(28)26(24(29)30-22)15-21(27)18-12-10-17(11-13-18)16-6-2-1-3-7-16/h1-14H,15H2/b22-14+. The molecule has 2 amide bonds. The molecule has 4 rings (SSSR count). The Balaban J connectivity index is 1.49. The predicted octanol–water partition coefficient (Wildman–Crippen LogP) is 5.41. The highest BCUT2D eigenvalue weighted by molar-refractivity contribution is 8.18. The van der Waals surface area contributed by atoms with E-state index in [1.54, 1.807) is 24.3 Å². The number of amides is 2. The number of benzene rings is 3. The molecule has 1 aliphatic heterocycles. The van der Waals surface area contributed by atoms with Crippen molar-refractivity contribution in [1.82, 2.24) is 4.90 Å². The molecular formula is C24H16FNO3S. The average molecular weight is 417 g/mol. The summed E-state index contributed by atoms with van der Waals surface area (Å²) >= 11 is 0.702. The summed E-state index contributed by atoms with van der Waals surface area (Å²) in [5.41, 5.74) is 2.62. The highest BCUT2D eigenvalue weighted by Gasteiger charge is 2.36. The zero-order valence-corrected chi connectivity index (χ0v) is 16.6. The number of hydrogen-bond acceptors (Lipinski definition) is 4. The molecule has 1 saturated heterocycles. The topological polar surface area (TPSA) is 54.5 Å². The summed E-state index contributed by atoms with van der Waals surface area (Å²) in [4.78, 5) is 38.4. The van der Waals surface area contributed by atoms with Crippen LogP contribution in [0.25, 0.3) is 17.2 Å². The van der Waals surface area contributed by atoms with E-state index < -0.39 is 17.0 Å². The minimum Gasteiger partial charge on any atom is -0.292 e. The van der Waals surface area contributed by atoms with E-state index in [0.717, 1.165) is 16.0 Å². The zero-order chi connectivity index (χ0) is 21.1. The molecule has 6 heteroatoms. The summed E-state index contributed by atoms with van der Waals surface area (Å²) in [5, 5.41) is -0.545. The van der Waals surface area contributed by atoms with Crippen LogP contribution in [0.2, 0.25) is 0 Å². The molecule has 0 atom stereocenters. The van der Waals surface area contributed by atoms with Crippen molar-refractivity contribution >= 4 is 34.8 Å². The molecule has 4 nitrogen and oxygen atoms in total. The largest absolute Gasteiger partial charge is 0.293 e. The average Bonchev–Trinajstić information content (AvgIpc) is 3.03. The molecule has 0 N–H and O–H groups in total. The zero-order valence-electron chi connectivity index (χ0n) is 15.7. The molecule has 3 aromatic rings. The molecular weight excluding hydrogens is 401 g/mol. The lowest BCUT2D eigenvalue weighted by atomic mass is 10.0. The van der Waals surface area contributed by atoms with Crippen LogP contribution in [0.4, 0.5) is 9.18 Å². The van der Waals surface area contributed by atoms with Crippen LogP contribution < -0.4 is 0 Å². The van der Waals surface area contributed by atoms with E-state index in [1.807, 2.05) is 42.5 Å². The van der Waals surface area contributed by atoms with Crippen molar-refractivity contribution in [3.05, 3.63) is 101 Å². The maximum absolute atomic E-state index is 13.8. The molecule has 0 bridgehead atoms. The van der Waals surface area contributed by atoms with Crippen molar-refractivity contribution in [2.45, 2.75) is 0 Å². The third-order valence-corrected chi connectivity index (χ3v) is 5.59. The predicted molar refractivity (Wildman–Crippen MR) is 115 cm³/mol. The number of ketones is 1. The lowest BCUT2D eigenvalue weighted by Gasteiger charge is -2.11. The van der Waals surface area contributed by atoms with Crippen LogP contribution in [-0.2, 0) is 4.79 Å². The molecule has 1 fully saturated rings. The monoisotopic (exact) mass is 417 g/mol. The van der Waals surface area contributed by atoms with Gasteiger partial charge in [-0.05, 0) is 35.0 Å². The van der Waals surface area contributed by atoms with E-state index in [0.29, 0.717) is 17.3 Å². The third-order valence-electron chi connectivity index (χ3n) is 4.68. The van der Waals surface area contributed by atoms with Crippen LogP contribution in [0.3, 0.4) is 0 Å². The summed E-state index contributed by atoms with van der Waals surface area (Å²) < 4.78 is 13.8. The highest BCUT2D eigenvalue weighted by atomic mass is 32.2. The van der Waals surface area contributed by atoms with Crippen LogP contribution >= 0.6 is 11.8 Å². The maximum atomic E-state index is 13.8. The number of Topliss-reactive ketones (excluding diaryl/α,β-unsaturated/α-hetero) is 1. The maximum Gasteiger partial charge on any atom is 0.293 e. The van der Waals surface area contributed by atoms with Gasteiger partial charge in [0.2, 0.25) is 0 Å². The third kappa shape index (κ3) is 4.09. The molecule has 0 unspecified atom stereocenters. The van der Waals surface area contributed by atoms with E-state index in [2.05, 4.69) is 0 Å². The second-order valence-electron chi connectivity index (χ2n) is 6.66. The van der Waals surface area contributed by atoms with Gasteiger partial charge in [0.25, 0.3) is 11.1 Å². The molecule has 3 aromatic carbocycles. The number of rotatable bonds is 5. The molecule has 0 spiro atoms. The van der Waals surface area contributed by atoms with Gasteiger partial charge >= 0.3 is 0 Å². The minimum absolute atomic E-state index is 0.0947. The van der Waals surface area contributed by atoms with Crippen molar-refractivity contribution in [1.29, 1.82) is 0 Å². The lowest BCUT2D eigenvalue weighted by Crippen LogP contribution is -2.33. The van der Waals surface area contributed by atoms with Gasteiger partial charge in [-0.3, -0.25) is 19.3 Å². The van der Waals surface area contributed by atoms with Gasteiger partial charge in [-0.1, -0.05) is 72.8 Å². The van der Waals surface area contributed by atoms with Gasteiger partial charge in [0, 0.05) is 11.1 Å². The van der Waals surface area contributed by atoms with Gasteiger partial charge in [-0.15, -0.1) is 0 Å². The number of carbonyl (C=O) groups is 3. The number of nitrogens with zero attached hydrogens (tertiary/aromatic N) is 1. The van der Waals surface area contributed by atoms with E-state index in [9.17, 15) is 18.8 Å². The number of thioether (sulfide) groups is 1. The van der Waals surface area contributed by atoms with Crippen LogP contribution in [0.15, 0.2) is 83.8 Å². The molecule has 148 valence electrons. The fourth-order valence-electron chi connectivity index (χ4n) is 3.08. The first-order valence-corrected chi connectivity index (χ1v) is 10.0. The summed E-state index contributed by atoms with van der Waals surface area (Å²) in [6.45, 7) is -0.357. The van der Waals surface area contributed by atoms with Crippen LogP contribution in [0, 0.1) is 5.82 Å². The van der Waals surface area contributed by atoms with Gasteiger partial charge in [0.15, 0.2) is 5.78 Å². The van der Waals surface area contributed by atoms with Gasteiger partial charge < -0.3 is 0 Å². The second kappa shape index (κ2) is 8.47. The minimum atomic E-state index is -0.595. The van der Waals surface area contributed by atoms with E-state index in [-0.39, 0.29) is 22.8 Å². The smallest absolute Gasteiger partial charge is 0.292 e. The Labute approximate surface area is 177 Å². The summed E-state index contributed by atoms with van der Waals surface area (Å²) in [6, 6.07) is 22.7. The van der Waals surface area contributed by atoms with Gasteiger partial charge in [-0.2, -0.15) is 0 Å². The molecule has 1 aliphatic rings. The normalized spacial score (nSPS) is 15.1. The lowest BCUT2D eigenvalue weighted by molar-refractivity contribution is -0.122. The van der Waals surface area contributed by atoms with Crippen LogP contribution in [-0.4, -0.2) is 28.4 Å². The molecule has 30 heavy (non-hydrogen) atoms. The quantitative estimate of drug-likeness (QED) is 0.411. The van der Waals surface area contributed by atoms with E-state index in [4.69, 9.17) is 0 Å². The Bertz CT molecular complexity index is 1160. The molecule has 0 aromatic heterocycles. The van der Waals surface area contributed by atoms with Gasteiger partial charge in [0.05, 0.1) is 11.4 Å². The Kier molecular flexibility index (Phi) is 5.59. The van der Waals surface area contributed by atoms with Crippen molar-refractivity contribution in [3.63, 3.8) is 0 Å². The highest BCUT2D eigenvalue weighted by Crippen LogP contribution is 2.32. The Morgan fingerprint density at radius 3 is 2.20 bits per heavy atom. The van der Waals surface area contributed by atoms with Crippen molar-refractivity contribution < 1.29 is 18.8 Å². The first-order valence-electron chi connectivity index (χ1n) is 9.21. The van der Waals surface area contributed by atoms with Gasteiger partial charge in [0.1, 0.15) is 5.82 Å². The Morgan fingerprint density at radius 1 is 0.867 bits per heavy atom. The first kappa shape index (κ1) is 19.8. The fraction of sp³-hybridized carbons (Fsp3) is 0.0417. The molecule has 0 aliphatic carbocycles. The molecule has 0 saturated carbocycles. The number of hydrogen-bond donors (Lipinski definition) is 0. The SMILES string of the molecule is O=C(CN1C(=O)S/C(=C/c2ccccc2F)C1=O)c1ccc(-c2ccccc2)cc1. The fourth-order valence-corrected chi connectivity index (χ4v) is 3.91. The van der Waals surface area contributed by atoms with Crippen molar-refractivity contribution in [2.75, 3.05) is 6.54 Å². The Hall–Kier alpha value is -3.51. The van der Waals surface area contributed by atoms with Crippen LogP contribution in [0.1, 0.15) is 15.9 Å². The number of halogens is 1. The first-order chi connectivity index (χ1) is 14.5. The van der Waals surface area contributed by atoms with E-state index >= 15 is 0 Å². The second-order valence-corrected chi connectivity index (χ2v) is 7.65. The van der Waals surface area contributed by atoms with Crippen molar-refractivity contribution in [2.24, 2.45) is 0 Å². The number of imide groups is 1. The summed E-state index contributed by atoms with van der Waals surface area (Å²) in [6.07, 6.45) is 1.33.